The van der Waals surface area contributed by atoms with Crippen LogP contribution in [0.3, 0.4) is 0 Å². The van der Waals surface area contributed by atoms with Gasteiger partial charge in [0, 0.05) is 25.6 Å². The smallest absolute Gasteiger partial charge is 0.221 e. The molecule has 1 heterocycles. The van der Waals surface area contributed by atoms with Crippen LogP contribution in [0.15, 0.2) is 48.5 Å². The van der Waals surface area contributed by atoms with Crippen LogP contribution in [-0.4, -0.2) is 31.7 Å². The van der Waals surface area contributed by atoms with Crippen molar-refractivity contribution >= 4 is 5.91 Å². The van der Waals surface area contributed by atoms with E-state index < -0.39 is 0 Å². The van der Waals surface area contributed by atoms with Gasteiger partial charge < -0.3 is 15.4 Å². The highest BCUT2D eigenvalue weighted by atomic mass is 16.5. The molecule has 1 aliphatic heterocycles. The minimum absolute atomic E-state index is 0.0563. The molecular formula is C20H24N2O2. The summed E-state index contributed by atoms with van der Waals surface area (Å²) in [4.78, 5) is 12.0. The number of ether oxygens (including phenoxy) is 1. The summed E-state index contributed by atoms with van der Waals surface area (Å²) in [6, 6.07) is 16.9. The molecule has 1 atom stereocenters. The largest absolute Gasteiger partial charge is 0.378 e. The van der Waals surface area contributed by atoms with Crippen molar-refractivity contribution in [2.45, 2.75) is 25.9 Å². The molecule has 2 aromatic carbocycles. The molecule has 0 saturated carbocycles. The molecule has 0 bridgehead atoms. The Morgan fingerprint density at radius 3 is 2.75 bits per heavy atom. The van der Waals surface area contributed by atoms with Crippen LogP contribution >= 0.6 is 0 Å². The van der Waals surface area contributed by atoms with Crippen LogP contribution in [0.2, 0.25) is 0 Å². The first kappa shape index (κ1) is 16.7. The molecule has 1 aliphatic rings. The number of rotatable bonds is 5. The third-order valence-electron chi connectivity index (χ3n) is 4.23. The lowest BCUT2D eigenvalue weighted by Gasteiger charge is -2.23. The second kappa shape index (κ2) is 8.08. The zero-order valence-electron chi connectivity index (χ0n) is 14.0. The predicted octanol–water partition coefficient (Wildman–Crippen LogP) is 2.66. The Balaban J connectivity index is 1.51. The number of benzene rings is 2. The molecule has 3 rings (SSSR count). The highest BCUT2D eigenvalue weighted by molar-refractivity contribution is 5.76. The van der Waals surface area contributed by atoms with E-state index >= 15 is 0 Å². The fourth-order valence-electron chi connectivity index (χ4n) is 2.89. The van der Waals surface area contributed by atoms with E-state index in [4.69, 9.17) is 4.74 Å². The number of hydrogen-bond donors (Lipinski definition) is 2. The highest BCUT2D eigenvalue weighted by Crippen LogP contribution is 2.20. The van der Waals surface area contributed by atoms with E-state index in [1.165, 1.54) is 16.7 Å². The normalized spacial score (nSPS) is 17.5. The number of morpholine rings is 1. The molecule has 1 fully saturated rings. The molecule has 1 saturated heterocycles. The van der Waals surface area contributed by atoms with Gasteiger partial charge in [-0.3, -0.25) is 4.79 Å². The molecule has 2 N–H and O–H groups in total. The first-order valence-corrected chi connectivity index (χ1v) is 8.44. The first-order valence-electron chi connectivity index (χ1n) is 8.44. The molecule has 0 aromatic heterocycles. The van der Waals surface area contributed by atoms with Crippen molar-refractivity contribution in [2.24, 2.45) is 0 Å². The van der Waals surface area contributed by atoms with Crippen molar-refractivity contribution in [1.82, 2.24) is 10.6 Å². The Labute approximate surface area is 143 Å². The molecule has 1 amide bonds. The molecule has 4 heteroatoms. The molecule has 2 aromatic rings. The summed E-state index contributed by atoms with van der Waals surface area (Å²) in [5.41, 5.74) is 4.77. The van der Waals surface area contributed by atoms with Crippen LogP contribution in [0.4, 0.5) is 0 Å². The molecule has 24 heavy (non-hydrogen) atoms. The molecule has 4 nitrogen and oxygen atoms in total. The first-order chi connectivity index (χ1) is 11.7. The third kappa shape index (κ3) is 4.66. The lowest BCUT2D eigenvalue weighted by molar-refractivity contribution is -0.122. The summed E-state index contributed by atoms with van der Waals surface area (Å²) in [7, 11) is 0. The maximum Gasteiger partial charge on any atom is 0.221 e. The molecule has 0 spiro atoms. The van der Waals surface area contributed by atoms with Gasteiger partial charge in [-0.15, -0.1) is 0 Å². The minimum Gasteiger partial charge on any atom is -0.378 e. The highest BCUT2D eigenvalue weighted by Gasteiger charge is 2.16. The molecule has 0 aliphatic carbocycles. The number of carbonyl (C=O) groups excluding carboxylic acids is 1. The van der Waals surface area contributed by atoms with Crippen LogP contribution in [0.1, 0.15) is 17.5 Å². The summed E-state index contributed by atoms with van der Waals surface area (Å²) in [5, 5.41) is 6.27. The van der Waals surface area contributed by atoms with Crippen LogP contribution in [0.5, 0.6) is 0 Å². The van der Waals surface area contributed by atoms with E-state index in [1.54, 1.807) is 0 Å². The summed E-state index contributed by atoms with van der Waals surface area (Å²) in [6.07, 6.45) is 0.460. The van der Waals surface area contributed by atoms with Crippen molar-refractivity contribution in [2.75, 3.05) is 19.8 Å². The minimum atomic E-state index is 0.0563. The summed E-state index contributed by atoms with van der Waals surface area (Å²) >= 11 is 0. The fourth-order valence-corrected chi connectivity index (χ4v) is 2.89. The number of carbonyl (C=O) groups is 1. The van der Waals surface area contributed by atoms with Gasteiger partial charge in [0.15, 0.2) is 0 Å². The summed E-state index contributed by atoms with van der Waals surface area (Å²) in [5.74, 6) is 0.0563. The lowest BCUT2D eigenvalue weighted by atomic mass is 10.0. The Bertz CT molecular complexity index is 676. The van der Waals surface area contributed by atoms with Gasteiger partial charge in [-0.05, 0) is 23.6 Å². The number of hydrogen-bond acceptors (Lipinski definition) is 3. The van der Waals surface area contributed by atoms with Gasteiger partial charge in [-0.25, -0.2) is 0 Å². The van der Waals surface area contributed by atoms with Crippen molar-refractivity contribution in [1.29, 1.82) is 0 Å². The van der Waals surface area contributed by atoms with E-state index in [2.05, 4.69) is 66.1 Å². The Hall–Kier alpha value is -2.17. The van der Waals surface area contributed by atoms with Gasteiger partial charge in [-0.2, -0.15) is 0 Å². The average molecular weight is 324 g/mol. The fraction of sp³-hybridized carbons (Fsp3) is 0.350. The summed E-state index contributed by atoms with van der Waals surface area (Å²) in [6.45, 7) is 4.81. The summed E-state index contributed by atoms with van der Waals surface area (Å²) < 4.78 is 5.37. The molecule has 126 valence electrons. The molecule has 0 radical (unpaired) electrons. The maximum absolute atomic E-state index is 12.0. The van der Waals surface area contributed by atoms with Crippen LogP contribution in [0.25, 0.3) is 11.1 Å². The van der Waals surface area contributed by atoms with Crippen LogP contribution in [0, 0.1) is 6.92 Å². The van der Waals surface area contributed by atoms with Crippen molar-refractivity contribution in [3.8, 4) is 11.1 Å². The van der Waals surface area contributed by atoms with E-state index in [-0.39, 0.29) is 11.9 Å². The Morgan fingerprint density at radius 2 is 2.04 bits per heavy atom. The zero-order chi connectivity index (χ0) is 16.8. The lowest BCUT2D eigenvalue weighted by Crippen LogP contribution is -2.44. The quantitative estimate of drug-likeness (QED) is 0.889. The second-order valence-corrected chi connectivity index (χ2v) is 6.27. The topological polar surface area (TPSA) is 50.4 Å². The van der Waals surface area contributed by atoms with Gasteiger partial charge >= 0.3 is 0 Å². The van der Waals surface area contributed by atoms with Gasteiger partial charge in [-0.1, -0.05) is 54.1 Å². The van der Waals surface area contributed by atoms with Crippen LogP contribution in [-0.2, 0) is 16.1 Å². The van der Waals surface area contributed by atoms with Gasteiger partial charge in [0.1, 0.15) is 0 Å². The Morgan fingerprint density at radius 1 is 1.21 bits per heavy atom. The zero-order valence-corrected chi connectivity index (χ0v) is 14.0. The third-order valence-corrected chi connectivity index (χ3v) is 4.23. The number of aryl methyl sites for hydroxylation is 1. The molecular weight excluding hydrogens is 300 g/mol. The van der Waals surface area contributed by atoms with Crippen LogP contribution < -0.4 is 10.6 Å². The van der Waals surface area contributed by atoms with E-state index in [0.29, 0.717) is 19.6 Å². The monoisotopic (exact) mass is 324 g/mol. The standard InChI is InChI=1S/C20H24N2O2/c1-15-3-2-4-18(11-15)17-7-5-16(6-8-17)13-22-20(23)12-19-14-24-10-9-21-19/h2-8,11,19,21H,9-10,12-14H2,1H3,(H,22,23). The van der Waals surface area contributed by atoms with Crippen molar-refractivity contribution in [3.63, 3.8) is 0 Å². The molecule has 1 unspecified atom stereocenters. The van der Waals surface area contributed by atoms with E-state index in [1.807, 2.05) is 0 Å². The Kier molecular flexibility index (Phi) is 5.62. The second-order valence-electron chi connectivity index (χ2n) is 6.27. The van der Waals surface area contributed by atoms with E-state index in [9.17, 15) is 4.79 Å². The average Bonchev–Trinajstić information content (AvgIpc) is 2.61. The van der Waals surface area contributed by atoms with Gasteiger partial charge in [0.25, 0.3) is 0 Å². The van der Waals surface area contributed by atoms with Crippen molar-refractivity contribution in [3.05, 3.63) is 59.7 Å². The van der Waals surface area contributed by atoms with Gasteiger partial charge in [0.2, 0.25) is 5.91 Å². The maximum atomic E-state index is 12.0. The SMILES string of the molecule is Cc1cccc(-c2ccc(CNC(=O)CC3COCCN3)cc2)c1. The number of nitrogens with one attached hydrogen (secondary N) is 2. The van der Waals surface area contributed by atoms with Crippen molar-refractivity contribution < 1.29 is 9.53 Å². The van der Waals surface area contributed by atoms with Gasteiger partial charge in [0.05, 0.1) is 13.2 Å². The predicted molar refractivity (Wildman–Crippen MR) is 95.7 cm³/mol. The van der Waals surface area contributed by atoms with E-state index in [0.717, 1.165) is 18.7 Å². The number of amides is 1.